The Kier molecular flexibility index (Phi) is 22.7. The van der Waals surface area contributed by atoms with Crippen molar-refractivity contribution in [2.75, 3.05) is 0 Å². The second kappa shape index (κ2) is 14.5. The molecule has 0 fully saturated rings. The van der Waals surface area contributed by atoms with Gasteiger partial charge >= 0.3 is 76.0 Å². The molecule has 0 aliphatic carbocycles. The number of hydrogen-bond donors (Lipinski definition) is 0. The van der Waals surface area contributed by atoms with Crippen molar-refractivity contribution < 1.29 is 11.0 Å². The quantitative estimate of drug-likeness (QED) is 0.673. The average Bonchev–Trinajstić information content (AvgIpc) is 1.97. The van der Waals surface area contributed by atoms with Crippen molar-refractivity contribution in [3.63, 3.8) is 0 Å². The van der Waals surface area contributed by atoms with Gasteiger partial charge in [0.2, 0.25) is 0 Å². The Morgan fingerprint density at radius 1 is 0.917 bits per heavy atom. The van der Waals surface area contributed by atoms with E-state index in [-0.39, 0.29) is 11.0 Å². The summed E-state index contributed by atoms with van der Waals surface area (Å²) >= 11 is -1.38. The first kappa shape index (κ1) is 18.7. The van der Waals surface area contributed by atoms with Gasteiger partial charge in [0.15, 0.2) is 0 Å². The maximum absolute atomic E-state index is 6.25. The van der Waals surface area contributed by atoms with E-state index < -0.39 is 18.6 Å². The van der Waals surface area contributed by atoms with Crippen molar-refractivity contribution in [1.82, 2.24) is 0 Å². The first-order valence-corrected chi connectivity index (χ1v) is 13.3. The number of hydrogen-bond acceptors (Lipinski definition) is 0. The van der Waals surface area contributed by atoms with Crippen molar-refractivity contribution >= 4 is 27.6 Å². The van der Waals surface area contributed by atoms with Gasteiger partial charge < -0.3 is 11.0 Å². The molecule has 0 aromatic rings. The van der Waals surface area contributed by atoms with E-state index in [4.69, 9.17) is 8.92 Å². The maximum Gasteiger partial charge on any atom is -0.412 e. The standard InChI is InChI=1S/2C4H9.ClH.2H2O.Sn.H/c2*1-3-4-2;;;;;/h2*1,3-4H2,2H3;1H;2*1H2;;/q;;;;;+1;/p-1. The van der Waals surface area contributed by atoms with Crippen LogP contribution in [0, 0.1) is 0 Å². The van der Waals surface area contributed by atoms with Crippen molar-refractivity contribution in [2.24, 2.45) is 0 Å². The summed E-state index contributed by atoms with van der Waals surface area (Å²) in [5, 5.41) is 0. The van der Waals surface area contributed by atoms with E-state index in [0.717, 1.165) is 0 Å². The summed E-state index contributed by atoms with van der Waals surface area (Å²) in [4.78, 5) is 0. The minimum Gasteiger partial charge on any atom is -0.412 e. The molecule has 0 aromatic carbocycles. The zero-order valence-electron chi connectivity index (χ0n) is 8.20. The third-order valence-electron chi connectivity index (χ3n) is 1.74. The Bertz CT molecular complexity index is 66.1. The van der Waals surface area contributed by atoms with Gasteiger partial charge in [-0.15, -0.1) is 0 Å². The van der Waals surface area contributed by atoms with E-state index in [1.807, 2.05) is 0 Å². The van der Waals surface area contributed by atoms with Crippen LogP contribution in [0.5, 0.6) is 0 Å². The Balaban J connectivity index is -0.000000405. The molecule has 0 radical (unpaired) electrons. The maximum atomic E-state index is 6.25. The van der Waals surface area contributed by atoms with Crippen LogP contribution in [-0.2, 0) is 0 Å². The predicted molar refractivity (Wildman–Crippen MR) is 59.7 cm³/mol. The molecule has 0 heterocycles. The van der Waals surface area contributed by atoms with Crippen LogP contribution < -0.4 is 0 Å². The van der Waals surface area contributed by atoms with Gasteiger partial charge in [-0.2, -0.15) is 0 Å². The Morgan fingerprint density at radius 3 is 1.50 bits per heavy atom. The Labute approximate surface area is 86.8 Å². The molecule has 0 rings (SSSR count). The predicted octanol–water partition coefficient (Wildman–Crippen LogP) is 1.90. The van der Waals surface area contributed by atoms with E-state index in [2.05, 4.69) is 13.8 Å². The molecule has 0 aliphatic rings. The van der Waals surface area contributed by atoms with Crippen LogP contribution in [0.2, 0.25) is 8.87 Å². The molecule has 78 valence electrons. The molecule has 0 aliphatic heterocycles. The topological polar surface area (TPSA) is 63.0 Å². The SMILES string of the molecule is CCC[CH2][SnH]([Cl])[CH2]CCC.O.O. The van der Waals surface area contributed by atoms with E-state index in [9.17, 15) is 0 Å². The van der Waals surface area contributed by atoms with Crippen LogP contribution >= 0.6 is 8.92 Å². The van der Waals surface area contributed by atoms with Gasteiger partial charge in [0, 0.05) is 0 Å². The number of rotatable bonds is 6. The summed E-state index contributed by atoms with van der Waals surface area (Å²) in [7, 11) is 6.25. The smallest absolute Gasteiger partial charge is 0.412 e. The summed E-state index contributed by atoms with van der Waals surface area (Å²) in [5.41, 5.74) is 0. The average molecular weight is 305 g/mol. The molecule has 4 N–H and O–H groups in total. The van der Waals surface area contributed by atoms with E-state index in [0.29, 0.717) is 0 Å². The van der Waals surface area contributed by atoms with Gasteiger partial charge in [0.05, 0.1) is 0 Å². The molecule has 0 aromatic heterocycles. The first-order chi connectivity index (χ1) is 4.81. The van der Waals surface area contributed by atoms with E-state index in [1.54, 1.807) is 0 Å². The van der Waals surface area contributed by atoms with Crippen LogP contribution in [0.1, 0.15) is 39.5 Å². The Hall–Kier alpha value is 1.01. The van der Waals surface area contributed by atoms with Crippen LogP contribution in [-0.4, -0.2) is 29.6 Å². The molecule has 0 amide bonds. The van der Waals surface area contributed by atoms with Crippen LogP contribution in [0.4, 0.5) is 0 Å². The van der Waals surface area contributed by atoms with Gasteiger partial charge in [-0.25, -0.2) is 0 Å². The summed E-state index contributed by atoms with van der Waals surface area (Å²) in [5.74, 6) is 0. The molecule has 0 bridgehead atoms. The zero-order valence-corrected chi connectivity index (χ0v) is 12.2. The molecule has 0 saturated carbocycles. The van der Waals surface area contributed by atoms with E-state index in [1.165, 1.54) is 34.6 Å². The summed E-state index contributed by atoms with van der Waals surface area (Å²) < 4.78 is 2.83. The summed E-state index contributed by atoms with van der Waals surface area (Å²) in [6.45, 7) is 4.49. The van der Waals surface area contributed by atoms with Crippen molar-refractivity contribution in [3.8, 4) is 0 Å². The number of halogens is 1. The molecular formula is C8H23ClO2Sn. The molecule has 0 spiro atoms. The second-order valence-corrected chi connectivity index (χ2v) is 13.7. The molecule has 0 unspecified atom stereocenters. The minimum atomic E-state index is -1.38. The zero-order chi connectivity index (χ0) is 7.82. The summed E-state index contributed by atoms with van der Waals surface area (Å²) in [6, 6.07) is 0. The molecule has 4 heteroatoms. The van der Waals surface area contributed by atoms with Crippen LogP contribution in [0.3, 0.4) is 0 Å². The van der Waals surface area contributed by atoms with Gasteiger partial charge in [-0.1, -0.05) is 0 Å². The number of unbranched alkanes of at least 4 members (excludes halogenated alkanes) is 2. The molecule has 2 nitrogen and oxygen atoms in total. The van der Waals surface area contributed by atoms with Crippen molar-refractivity contribution in [1.29, 1.82) is 0 Å². The minimum absolute atomic E-state index is 0. The monoisotopic (exact) mass is 306 g/mol. The van der Waals surface area contributed by atoms with Gasteiger partial charge in [-0.3, -0.25) is 0 Å². The third kappa shape index (κ3) is 13.6. The largest absolute Gasteiger partial charge is 0.412 e. The van der Waals surface area contributed by atoms with Crippen molar-refractivity contribution in [3.05, 3.63) is 0 Å². The molecule has 12 heavy (non-hydrogen) atoms. The normalized spacial score (nSPS) is 9.00. The van der Waals surface area contributed by atoms with Crippen LogP contribution in [0.25, 0.3) is 0 Å². The van der Waals surface area contributed by atoms with Crippen molar-refractivity contribution in [2.45, 2.75) is 48.4 Å². The third-order valence-corrected chi connectivity index (χ3v) is 10.6. The van der Waals surface area contributed by atoms with Gasteiger partial charge in [0.1, 0.15) is 0 Å². The fourth-order valence-electron chi connectivity index (χ4n) is 0.996. The second-order valence-electron chi connectivity index (χ2n) is 2.88. The fourth-order valence-corrected chi connectivity index (χ4v) is 8.75. The van der Waals surface area contributed by atoms with Gasteiger partial charge in [-0.05, 0) is 0 Å². The first-order valence-electron chi connectivity index (χ1n) is 4.45. The van der Waals surface area contributed by atoms with E-state index >= 15 is 0 Å². The fraction of sp³-hybridized carbons (Fsp3) is 1.00. The Morgan fingerprint density at radius 2 is 1.25 bits per heavy atom. The molecular weight excluding hydrogens is 282 g/mol. The molecule has 0 atom stereocenters. The molecule has 0 saturated heterocycles. The van der Waals surface area contributed by atoms with Gasteiger partial charge in [0.25, 0.3) is 0 Å². The van der Waals surface area contributed by atoms with Crippen LogP contribution in [0.15, 0.2) is 0 Å². The summed E-state index contributed by atoms with van der Waals surface area (Å²) in [6.07, 6.45) is 5.42.